The summed E-state index contributed by atoms with van der Waals surface area (Å²) in [7, 11) is 2.10. The van der Waals surface area contributed by atoms with Crippen LogP contribution in [0.25, 0.3) is 10.1 Å². The Hall–Kier alpha value is -2.06. The fourth-order valence-electron chi connectivity index (χ4n) is 4.89. The largest absolute Gasteiger partial charge is 0.348 e. The van der Waals surface area contributed by atoms with E-state index < -0.39 is 0 Å². The van der Waals surface area contributed by atoms with Gasteiger partial charge in [0.25, 0.3) is 5.91 Å². The van der Waals surface area contributed by atoms with Crippen LogP contribution in [0.3, 0.4) is 0 Å². The molecule has 1 aliphatic carbocycles. The first-order chi connectivity index (χ1) is 16.5. The Labute approximate surface area is 212 Å². The van der Waals surface area contributed by atoms with Gasteiger partial charge in [0.15, 0.2) is 5.01 Å². The highest BCUT2D eigenvalue weighted by Gasteiger charge is 2.27. The normalized spacial score (nSPS) is 21.1. The lowest BCUT2D eigenvalue weighted by Crippen LogP contribution is -2.41. The van der Waals surface area contributed by atoms with Gasteiger partial charge < -0.3 is 10.2 Å². The molecule has 1 N–H and O–H groups in total. The number of aromatic nitrogens is 1. The molecule has 3 aromatic rings. The van der Waals surface area contributed by atoms with Crippen molar-refractivity contribution in [2.45, 2.75) is 51.1 Å². The minimum absolute atomic E-state index is 0.0117. The van der Waals surface area contributed by atoms with Crippen LogP contribution >= 0.6 is 34.3 Å². The topological polar surface area (TPSA) is 62.3 Å². The van der Waals surface area contributed by atoms with Crippen LogP contribution in [-0.4, -0.2) is 41.2 Å². The third-order valence-electron chi connectivity index (χ3n) is 6.77. The number of amides is 1. The van der Waals surface area contributed by atoms with Crippen molar-refractivity contribution in [3.8, 4) is 0 Å². The monoisotopic (exact) mass is 513 g/mol. The quantitative estimate of drug-likeness (QED) is 0.319. The van der Waals surface area contributed by atoms with Crippen molar-refractivity contribution in [2.24, 2.45) is 5.92 Å². The summed E-state index contributed by atoms with van der Waals surface area (Å²) in [5.74, 6) is 0.304. The fourth-order valence-corrected chi connectivity index (χ4v) is 7.24. The summed E-state index contributed by atoms with van der Waals surface area (Å²) in [6, 6.07) is 7.77. The molecule has 1 amide bonds. The van der Waals surface area contributed by atoms with Crippen LogP contribution in [0, 0.1) is 5.92 Å². The second kappa shape index (κ2) is 10.3. The van der Waals surface area contributed by atoms with E-state index in [2.05, 4.69) is 22.2 Å². The van der Waals surface area contributed by atoms with Gasteiger partial charge in [-0.05, 0) is 61.9 Å². The molecule has 1 aliphatic heterocycles. The van der Waals surface area contributed by atoms with E-state index in [1.165, 1.54) is 27.6 Å². The maximum atomic E-state index is 13.0. The Bertz CT molecular complexity index is 1250. The van der Waals surface area contributed by atoms with Gasteiger partial charge in [0.1, 0.15) is 0 Å². The number of fused-ring (bicyclic) bond motifs is 2. The van der Waals surface area contributed by atoms with Crippen molar-refractivity contribution in [3.63, 3.8) is 0 Å². The molecule has 2 aromatic heterocycles. The van der Waals surface area contributed by atoms with Gasteiger partial charge in [-0.3, -0.25) is 9.59 Å². The molecule has 1 aromatic carbocycles. The van der Waals surface area contributed by atoms with E-state index in [1.54, 1.807) is 6.08 Å². The van der Waals surface area contributed by atoms with Gasteiger partial charge in [-0.1, -0.05) is 36.6 Å². The summed E-state index contributed by atoms with van der Waals surface area (Å²) in [5.41, 5.74) is 1.08. The predicted octanol–water partition coefficient (Wildman–Crippen LogP) is 6.12. The van der Waals surface area contributed by atoms with E-state index in [0.29, 0.717) is 20.8 Å². The Balaban J connectivity index is 1.21. The van der Waals surface area contributed by atoms with Crippen molar-refractivity contribution in [3.05, 3.63) is 61.9 Å². The molecular formula is C26H28ClN3O2S2. The molecule has 5 rings (SSSR count). The zero-order valence-electron chi connectivity index (χ0n) is 19.2. The number of halogens is 1. The Morgan fingerprint density at radius 2 is 2.09 bits per heavy atom. The number of benzene rings is 1. The van der Waals surface area contributed by atoms with E-state index in [1.807, 2.05) is 30.3 Å². The number of allylic oxidation sites excluding steroid dienone is 2. The molecule has 0 radical (unpaired) electrons. The molecule has 2 aliphatic rings. The highest BCUT2D eigenvalue weighted by molar-refractivity contribution is 7.20. The first kappa shape index (κ1) is 23.7. The maximum absolute atomic E-state index is 13.0. The number of hydrogen-bond donors (Lipinski definition) is 1. The fraction of sp³-hybridized carbons (Fsp3) is 0.423. The van der Waals surface area contributed by atoms with Crippen molar-refractivity contribution in [2.75, 3.05) is 13.6 Å². The third-order valence-corrected chi connectivity index (χ3v) is 9.20. The van der Waals surface area contributed by atoms with Gasteiger partial charge in [0.05, 0.1) is 10.6 Å². The molecule has 0 unspecified atom stereocenters. The zero-order chi connectivity index (χ0) is 23.7. The standard InChI is InChI=1S/C26H28ClN3O2S2/c1-30-12-11-20-24(15-30)34-26(29-20)21(31)8-4-6-16-5-2-3-7-19(16)28-25(32)23-13-17-9-10-18(27)14-22(17)33-23/h4,8-10,13-14,16,19H,2-3,5-7,11-12,15H2,1H3,(H,28,32)/b8-4+/t16-,19+/m1/s1. The summed E-state index contributed by atoms with van der Waals surface area (Å²) in [6.45, 7) is 1.87. The minimum Gasteiger partial charge on any atom is -0.348 e. The number of likely N-dealkylation sites (N-methyl/N-ethyl adjacent to an activating group) is 1. The second-order valence-corrected chi connectivity index (χ2v) is 11.9. The molecule has 0 spiro atoms. The average molecular weight is 514 g/mol. The highest BCUT2D eigenvalue weighted by Crippen LogP contribution is 2.31. The summed E-state index contributed by atoms with van der Waals surface area (Å²) >= 11 is 9.10. The van der Waals surface area contributed by atoms with E-state index in [4.69, 9.17) is 11.6 Å². The second-order valence-electron chi connectivity index (χ2n) is 9.30. The van der Waals surface area contributed by atoms with Gasteiger partial charge in [-0.2, -0.15) is 0 Å². The van der Waals surface area contributed by atoms with E-state index in [9.17, 15) is 9.59 Å². The number of thiazole rings is 1. The van der Waals surface area contributed by atoms with Crippen LogP contribution in [0.5, 0.6) is 0 Å². The summed E-state index contributed by atoms with van der Waals surface area (Å²) in [5, 5.41) is 5.58. The van der Waals surface area contributed by atoms with E-state index in [-0.39, 0.29) is 17.7 Å². The molecular weight excluding hydrogens is 486 g/mol. The molecule has 178 valence electrons. The predicted molar refractivity (Wildman–Crippen MR) is 140 cm³/mol. The van der Waals surface area contributed by atoms with Crippen LogP contribution in [0.4, 0.5) is 0 Å². The first-order valence-electron chi connectivity index (χ1n) is 11.8. The number of ketones is 1. The molecule has 5 nitrogen and oxygen atoms in total. The molecule has 1 saturated carbocycles. The lowest BCUT2D eigenvalue weighted by atomic mass is 9.82. The van der Waals surface area contributed by atoms with Crippen molar-refractivity contribution >= 4 is 56.1 Å². The van der Waals surface area contributed by atoms with E-state index in [0.717, 1.165) is 67.4 Å². The van der Waals surface area contributed by atoms with Crippen LogP contribution in [0.2, 0.25) is 5.02 Å². The molecule has 1 fully saturated rings. The number of nitrogens with one attached hydrogen (secondary N) is 1. The van der Waals surface area contributed by atoms with Gasteiger partial charge in [0, 0.05) is 40.2 Å². The summed E-state index contributed by atoms with van der Waals surface area (Å²) < 4.78 is 1.02. The molecule has 3 heterocycles. The number of thiophene rings is 1. The molecule has 34 heavy (non-hydrogen) atoms. The Morgan fingerprint density at radius 3 is 2.97 bits per heavy atom. The van der Waals surface area contributed by atoms with Gasteiger partial charge >= 0.3 is 0 Å². The van der Waals surface area contributed by atoms with Crippen LogP contribution in [0.1, 0.15) is 62.1 Å². The Morgan fingerprint density at radius 1 is 1.24 bits per heavy atom. The van der Waals surface area contributed by atoms with Crippen molar-refractivity contribution in [1.82, 2.24) is 15.2 Å². The highest BCUT2D eigenvalue weighted by atomic mass is 35.5. The number of carbonyl (C=O) groups excluding carboxylic acids is 2. The summed E-state index contributed by atoms with van der Waals surface area (Å²) in [4.78, 5) is 34.5. The third kappa shape index (κ3) is 5.28. The molecule has 0 saturated heterocycles. The lowest BCUT2D eigenvalue weighted by molar-refractivity contribution is 0.0909. The number of carbonyl (C=O) groups is 2. The lowest BCUT2D eigenvalue weighted by Gasteiger charge is -2.31. The van der Waals surface area contributed by atoms with Gasteiger partial charge in [0.2, 0.25) is 5.78 Å². The smallest absolute Gasteiger partial charge is 0.261 e. The number of nitrogens with zero attached hydrogens (tertiary/aromatic N) is 2. The number of hydrogen-bond acceptors (Lipinski definition) is 6. The van der Waals surface area contributed by atoms with Crippen LogP contribution in [0.15, 0.2) is 36.4 Å². The minimum atomic E-state index is -0.0207. The van der Waals surface area contributed by atoms with Crippen molar-refractivity contribution < 1.29 is 9.59 Å². The first-order valence-corrected chi connectivity index (χ1v) is 13.9. The van der Waals surface area contributed by atoms with Crippen molar-refractivity contribution in [1.29, 1.82) is 0 Å². The molecule has 2 atom stereocenters. The SMILES string of the molecule is CN1CCc2nc(C(=O)/C=C/C[C@H]3CCCC[C@@H]3NC(=O)c3cc4ccc(Cl)cc4s3)sc2C1. The van der Waals surface area contributed by atoms with Crippen LogP contribution < -0.4 is 5.32 Å². The molecule has 8 heteroatoms. The van der Waals surface area contributed by atoms with Crippen LogP contribution in [-0.2, 0) is 13.0 Å². The Kier molecular flexibility index (Phi) is 7.16. The van der Waals surface area contributed by atoms with E-state index >= 15 is 0 Å². The van der Waals surface area contributed by atoms with Gasteiger partial charge in [-0.25, -0.2) is 4.98 Å². The zero-order valence-corrected chi connectivity index (χ0v) is 21.6. The average Bonchev–Trinajstić information content (AvgIpc) is 3.43. The van der Waals surface area contributed by atoms with Gasteiger partial charge in [-0.15, -0.1) is 22.7 Å². The number of rotatable bonds is 6. The maximum Gasteiger partial charge on any atom is 0.261 e. The summed E-state index contributed by atoms with van der Waals surface area (Å²) in [6.07, 6.45) is 9.66. The molecule has 0 bridgehead atoms.